The number of rotatable bonds is 8. The van der Waals surface area contributed by atoms with Crippen molar-refractivity contribution in [1.82, 2.24) is 19.8 Å². The first-order chi connectivity index (χ1) is 28.8. The van der Waals surface area contributed by atoms with E-state index in [4.69, 9.17) is 0 Å². The molecular formula is C46H33IN6O4S2. The van der Waals surface area contributed by atoms with Crippen molar-refractivity contribution < 1.29 is 19.2 Å². The molecule has 13 heteroatoms. The van der Waals surface area contributed by atoms with Crippen LogP contribution in [0, 0.1) is 15.4 Å². The zero-order valence-corrected chi connectivity index (χ0v) is 34.9. The summed E-state index contributed by atoms with van der Waals surface area (Å²) in [5.74, 6) is 5.40. The Morgan fingerprint density at radius 1 is 0.593 bits per heavy atom. The summed E-state index contributed by atoms with van der Waals surface area (Å²) >= 11 is 4.88. The van der Waals surface area contributed by atoms with Crippen molar-refractivity contribution in [2.45, 2.75) is 25.2 Å². The Morgan fingerprint density at radius 2 is 1.05 bits per heavy atom. The third kappa shape index (κ3) is 9.00. The predicted molar refractivity (Wildman–Crippen MR) is 238 cm³/mol. The summed E-state index contributed by atoms with van der Waals surface area (Å²) in [4.78, 5) is 64.2. The molecule has 0 radical (unpaired) electrons. The second-order valence-electron chi connectivity index (χ2n) is 13.4. The summed E-state index contributed by atoms with van der Waals surface area (Å²) in [6, 6.07) is 38.4. The summed E-state index contributed by atoms with van der Waals surface area (Å²) in [5, 5.41) is 10.3. The second kappa shape index (κ2) is 18.0. The molecule has 0 saturated heterocycles. The molecule has 0 saturated carbocycles. The number of nitrogens with one attached hydrogen (secondary N) is 2. The van der Waals surface area contributed by atoms with E-state index in [0.29, 0.717) is 34.5 Å². The average Bonchev–Trinajstić information content (AvgIpc) is 4.09. The third-order valence-electron chi connectivity index (χ3n) is 9.65. The van der Waals surface area contributed by atoms with Crippen LogP contribution in [-0.2, 0) is 22.7 Å². The van der Waals surface area contributed by atoms with Gasteiger partial charge in [0.15, 0.2) is 10.3 Å². The summed E-state index contributed by atoms with van der Waals surface area (Å²) in [6.45, 7) is 0.765. The molecule has 9 rings (SSSR count). The highest BCUT2D eigenvalue weighted by Crippen LogP contribution is 2.35. The first-order valence-electron chi connectivity index (χ1n) is 18.4. The molecule has 290 valence electrons. The number of halogens is 1. The average molecular weight is 925 g/mol. The number of anilines is 2. The Kier molecular flexibility index (Phi) is 12.0. The van der Waals surface area contributed by atoms with Gasteiger partial charge < -0.3 is 9.80 Å². The van der Waals surface area contributed by atoms with Crippen LogP contribution in [0.1, 0.15) is 66.2 Å². The Morgan fingerprint density at radius 3 is 1.54 bits per heavy atom. The highest BCUT2D eigenvalue weighted by molar-refractivity contribution is 14.1. The van der Waals surface area contributed by atoms with Gasteiger partial charge in [-0.25, -0.2) is 9.97 Å². The van der Waals surface area contributed by atoms with E-state index in [-0.39, 0.29) is 23.6 Å². The Bertz CT molecular complexity index is 2690. The topological polar surface area (TPSA) is 125 Å². The number of fused-ring (bicyclic) bond motifs is 2. The lowest BCUT2D eigenvalue weighted by Gasteiger charge is -2.27. The first kappa shape index (κ1) is 39.4. The molecule has 0 fully saturated rings. The SMILES string of the molecule is O=C(Nc1nccs1)C(c1ccccc1)N1Cc2ccc(C#Cc3ccccc3)cc2C1=O.O=C(Nc1nccs1)C(c1ccccc1)N1Cc2ccc(I)cc2C1=O. The summed E-state index contributed by atoms with van der Waals surface area (Å²) < 4.78 is 1.00. The molecule has 7 aromatic rings. The number of carbonyl (C=O) groups is 4. The van der Waals surface area contributed by atoms with E-state index in [1.54, 1.807) is 33.0 Å². The van der Waals surface area contributed by atoms with Gasteiger partial charge in [0, 0.05) is 62.1 Å². The van der Waals surface area contributed by atoms with Crippen molar-refractivity contribution in [3.05, 3.63) is 199 Å². The van der Waals surface area contributed by atoms with E-state index in [2.05, 4.69) is 55.0 Å². The van der Waals surface area contributed by atoms with Gasteiger partial charge in [-0.1, -0.05) is 103 Å². The molecule has 2 aliphatic rings. The number of aromatic nitrogens is 2. The van der Waals surface area contributed by atoms with Crippen LogP contribution in [0.25, 0.3) is 0 Å². The van der Waals surface area contributed by atoms with Gasteiger partial charge in [0.25, 0.3) is 23.6 Å². The summed E-state index contributed by atoms with van der Waals surface area (Å²) in [5.41, 5.74) is 6.27. The standard InChI is InChI=1S/C27H19N3O2S.C19H14IN3O2S/c31-25(29-27-28-15-16-33-27)24(21-9-5-2-6-10-21)30-18-22-14-13-20(17-23(22)26(30)32)12-11-19-7-3-1-4-8-19;20-14-7-6-13-11-23(18(25)15(13)10-14)16(12-4-2-1-3-5-12)17(24)22-19-21-8-9-26-19/h1-10,13-17,24H,18H2,(H,28,29,31);1-10,16H,11H2,(H,21,22,24). The van der Waals surface area contributed by atoms with Gasteiger partial charge in [0.2, 0.25) is 0 Å². The molecule has 5 aromatic carbocycles. The van der Waals surface area contributed by atoms with Crippen LogP contribution in [0.2, 0.25) is 0 Å². The Hall–Kier alpha value is -6.47. The van der Waals surface area contributed by atoms with Crippen LogP contribution in [0.4, 0.5) is 10.3 Å². The van der Waals surface area contributed by atoms with E-state index in [1.165, 1.54) is 22.7 Å². The molecule has 0 aliphatic carbocycles. The number of amides is 4. The molecule has 4 amide bonds. The molecule has 2 aliphatic heterocycles. The van der Waals surface area contributed by atoms with Gasteiger partial charge in [-0.3, -0.25) is 29.8 Å². The minimum absolute atomic E-state index is 0.123. The molecule has 0 bridgehead atoms. The highest BCUT2D eigenvalue weighted by Gasteiger charge is 2.39. The van der Waals surface area contributed by atoms with Crippen LogP contribution in [0.15, 0.2) is 151 Å². The number of carbonyl (C=O) groups excluding carboxylic acids is 4. The molecule has 59 heavy (non-hydrogen) atoms. The second-order valence-corrected chi connectivity index (χ2v) is 16.5. The lowest BCUT2D eigenvalue weighted by molar-refractivity contribution is -0.121. The minimum Gasteiger partial charge on any atom is -0.318 e. The zero-order chi connectivity index (χ0) is 40.7. The fourth-order valence-electron chi connectivity index (χ4n) is 6.91. The molecule has 2 aromatic heterocycles. The number of hydrogen-bond donors (Lipinski definition) is 2. The van der Waals surface area contributed by atoms with Gasteiger partial charge in [-0.05, 0) is 81.2 Å². The molecule has 2 atom stereocenters. The fraction of sp³-hybridized carbons (Fsp3) is 0.0870. The zero-order valence-electron chi connectivity index (χ0n) is 31.1. The molecule has 4 heterocycles. The fourth-order valence-corrected chi connectivity index (χ4v) is 8.47. The Labute approximate surface area is 362 Å². The summed E-state index contributed by atoms with van der Waals surface area (Å²) in [7, 11) is 0. The van der Waals surface area contributed by atoms with Crippen LogP contribution in [-0.4, -0.2) is 43.4 Å². The molecule has 0 spiro atoms. The number of nitrogens with zero attached hydrogens (tertiary/aromatic N) is 4. The van der Waals surface area contributed by atoms with Gasteiger partial charge in [0.05, 0.1) is 0 Å². The van der Waals surface area contributed by atoms with E-state index in [9.17, 15) is 19.2 Å². The van der Waals surface area contributed by atoms with Crippen molar-refractivity contribution >= 4 is 79.2 Å². The maximum atomic E-state index is 13.4. The lowest BCUT2D eigenvalue weighted by atomic mass is 10.0. The van der Waals surface area contributed by atoms with Crippen LogP contribution >= 0.6 is 45.3 Å². The third-order valence-corrected chi connectivity index (χ3v) is 11.7. The molecule has 10 nitrogen and oxygen atoms in total. The van der Waals surface area contributed by atoms with Gasteiger partial charge in [0.1, 0.15) is 12.1 Å². The van der Waals surface area contributed by atoms with E-state index in [0.717, 1.165) is 37.0 Å². The molecular weight excluding hydrogens is 892 g/mol. The maximum Gasteiger partial charge on any atom is 0.255 e. The molecule has 2 unspecified atom stereocenters. The monoisotopic (exact) mass is 924 g/mol. The van der Waals surface area contributed by atoms with Gasteiger partial charge in [-0.2, -0.15) is 0 Å². The highest BCUT2D eigenvalue weighted by atomic mass is 127. The molecule has 2 N–H and O–H groups in total. The van der Waals surface area contributed by atoms with Gasteiger partial charge in [-0.15, -0.1) is 22.7 Å². The minimum atomic E-state index is -0.770. The quantitative estimate of drug-likeness (QED) is 0.116. The number of hydrogen-bond acceptors (Lipinski definition) is 8. The normalized spacial score (nSPS) is 13.6. The van der Waals surface area contributed by atoms with Gasteiger partial charge >= 0.3 is 0 Å². The smallest absolute Gasteiger partial charge is 0.255 e. The Balaban J connectivity index is 0.000000169. The van der Waals surface area contributed by atoms with Crippen LogP contribution < -0.4 is 10.6 Å². The van der Waals surface area contributed by atoms with Crippen molar-refractivity contribution in [2.24, 2.45) is 0 Å². The van der Waals surface area contributed by atoms with Crippen LogP contribution in [0.3, 0.4) is 0 Å². The first-order valence-corrected chi connectivity index (χ1v) is 21.3. The predicted octanol–water partition coefficient (Wildman–Crippen LogP) is 8.96. The number of thiazole rings is 2. The summed E-state index contributed by atoms with van der Waals surface area (Å²) in [6.07, 6.45) is 3.27. The van der Waals surface area contributed by atoms with E-state index < -0.39 is 12.1 Å². The lowest BCUT2D eigenvalue weighted by Crippen LogP contribution is -2.37. The van der Waals surface area contributed by atoms with E-state index in [1.807, 2.05) is 127 Å². The van der Waals surface area contributed by atoms with Crippen molar-refractivity contribution in [3.63, 3.8) is 0 Å². The number of benzene rings is 5. The van der Waals surface area contributed by atoms with E-state index >= 15 is 0 Å². The maximum absolute atomic E-state index is 13.4. The van der Waals surface area contributed by atoms with Crippen LogP contribution in [0.5, 0.6) is 0 Å². The largest absolute Gasteiger partial charge is 0.318 e. The van der Waals surface area contributed by atoms with Crippen molar-refractivity contribution in [1.29, 1.82) is 0 Å². The van der Waals surface area contributed by atoms with Crippen molar-refractivity contribution in [2.75, 3.05) is 10.6 Å². The van der Waals surface area contributed by atoms with Crippen molar-refractivity contribution in [3.8, 4) is 11.8 Å².